The van der Waals surface area contributed by atoms with Crippen LogP contribution in [0, 0.1) is 0 Å². The van der Waals surface area contributed by atoms with Crippen molar-refractivity contribution in [2.75, 3.05) is 24.7 Å². The Morgan fingerprint density at radius 3 is 2.31 bits per heavy atom. The summed E-state index contributed by atoms with van der Waals surface area (Å²) in [7, 11) is -3.26. The van der Waals surface area contributed by atoms with Gasteiger partial charge in [-0.15, -0.1) is 0 Å². The van der Waals surface area contributed by atoms with Gasteiger partial charge in [0.15, 0.2) is 29.2 Å². The highest BCUT2D eigenvalue weighted by Crippen LogP contribution is 2.57. The maximum absolute atomic E-state index is 13.3. The summed E-state index contributed by atoms with van der Waals surface area (Å²) in [5, 5.41) is 11.0. The van der Waals surface area contributed by atoms with Crippen LogP contribution in [0.25, 0.3) is 22.3 Å². The molecule has 22 heteroatoms. The van der Waals surface area contributed by atoms with Gasteiger partial charge in [0.2, 0.25) is 0 Å². The highest BCUT2D eigenvalue weighted by atomic mass is 32.7. The van der Waals surface area contributed by atoms with E-state index in [-0.39, 0.29) is 30.3 Å². The molecule has 3 aliphatic heterocycles. The smallest absolute Gasteiger partial charge is 0.386 e. The summed E-state index contributed by atoms with van der Waals surface area (Å²) in [5.41, 5.74) is 13.2. The predicted octanol–water partition coefficient (Wildman–Crippen LogP) is 0.621. The van der Waals surface area contributed by atoms with Gasteiger partial charge in [0.05, 0.1) is 25.9 Å². The lowest BCUT2D eigenvalue weighted by Crippen LogP contribution is -2.34. The molecule has 0 aromatic carbocycles. The highest BCUT2D eigenvalue weighted by Gasteiger charge is 2.49. The summed E-state index contributed by atoms with van der Waals surface area (Å²) in [6, 6.07) is 0. The van der Waals surface area contributed by atoms with Crippen molar-refractivity contribution in [2.24, 2.45) is 0 Å². The van der Waals surface area contributed by atoms with E-state index in [4.69, 9.17) is 39.0 Å². The molecule has 0 saturated carbocycles. The fourth-order valence-electron chi connectivity index (χ4n) is 5.14. The maximum atomic E-state index is 13.3. The first-order valence-electron chi connectivity index (χ1n) is 12.5. The Hall–Kier alpha value is -2.77. The van der Waals surface area contributed by atoms with Crippen LogP contribution in [-0.2, 0) is 36.7 Å². The number of nitrogen functional groups attached to an aromatic ring is 2. The van der Waals surface area contributed by atoms with Gasteiger partial charge in [-0.1, -0.05) is 12.2 Å². The Morgan fingerprint density at radius 1 is 0.929 bits per heavy atom. The Morgan fingerprint density at radius 2 is 1.60 bits per heavy atom. The van der Waals surface area contributed by atoms with Crippen LogP contribution >= 0.6 is 27.3 Å². The van der Waals surface area contributed by atoms with Crippen LogP contribution in [0.15, 0.2) is 25.3 Å². The summed E-state index contributed by atoms with van der Waals surface area (Å²) < 4.78 is 64.1. The van der Waals surface area contributed by atoms with Crippen molar-refractivity contribution in [3.8, 4) is 0 Å². The monoisotopic (exact) mass is 642 g/mol. The van der Waals surface area contributed by atoms with Crippen molar-refractivity contribution >= 4 is 61.3 Å². The zero-order valence-electron chi connectivity index (χ0n) is 21.3. The fraction of sp³-hybridized carbons (Fsp3) is 0.500. The van der Waals surface area contributed by atoms with E-state index in [1.54, 1.807) is 4.57 Å². The van der Waals surface area contributed by atoms with Crippen LogP contribution in [-0.4, -0.2) is 87.9 Å². The molecule has 5 N–H and O–H groups in total. The highest BCUT2D eigenvalue weighted by molar-refractivity contribution is 8.44. The van der Waals surface area contributed by atoms with Crippen molar-refractivity contribution in [3.05, 3.63) is 25.3 Å². The third-order valence-corrected chi connectivity index (χ3v) is 9.63. The molecule has 0 aliphatic carbocycles. The third kappa shape index (κ3) is 4.96. The fourth-order valence-corrected chi connectivity index (χ4v) is 7.51. The number of nitrogens with zero attached hydrogens (tertiary/aromatic N) is 8. The average Bonchev–Trinajstić information content (AvgIpc) is 3.72. The molecule has 0 radical (unpaired) electrons. The Kier molecular flexibility index (Phi) is 7.17. The Balaban J connectivity index is 1.16. The molecule has 3 fully saturated rings. The van der Waals surface area contributed by atoms with Crippen molar-refractivity contribution in [1.82, 2.24) is 39.0 Å². The zero-order valence-corrected chi connectivity index (χ0v) is 24.1. The van der Waals surface area contributed by atoms with Gasteiger partial charge >= 0.3 is 15.1 Å². The molecule has 2 bridgehead atoms. The predicted molar refractivity (Wildman–Crippen MR) is 145 cm³/mol. The molecule has 19 nitrogen and oxygen atoms in total. The minimum atomic E-state index is -4.05. The number of hydrogen-bond donors (Lipinski definition) is 4. The van der Waals surface area contributed by atoms with E-state index in [0.29, 0.717) is 16.7 Å². The normalized spacial score (nSPS) is 36.0. The van der Waals surface area contributed by atoms with E-state index in [9.17, 15) is 14.2 Å². The van der Waals surface area contributed by atoms with Gasteiger partial charge in [0, 0.05) is 6.42 Å². The first kappa shape index (κ1) is 28.0. The molecular weight excluding hydrogens is 618 g/mol. The first-order chi connectivity index (χ1) is 20.2. The summed E-state index contributed by atoms with van der Waals surface area (Å²) >= 11 is 4.14. The Labute approximate surface area is 241 Å². The summed E-state index contributed by atoms with van der Waals surface area (Å²) in [6.45, 7) is -4.75. The molecule has 0 amide bonds. The number of aromatic nitrogens is 8. The van der Waals surface area contributed by atoms with Gasteiger partial charge in [0.1, 0.15) is 60.4 Å². The summed E-state index contributed by atoms with van der Waals surface area (Å²) in [4.78, 5) is 24.7. The number of nitrogens with two attached hydrogens (primary N) is 2. The van der Waals surface area contributed by atoms with Gasteiger partial charge < -0.3 is 30.6 Å². The van der Waals surface area contributed by atoms with E-state index < -0.39 is 64.6 Å². The van der Waals surface area contributed by atoms with Gasteiger partial charge in [-0.2, -0.15) is 0 Å². The number of aliphatic hydroxyl groups excluding tert-OH is 1. The molecule has 3 aliphatic rings. The third-order valence-electron chi connectivity index (χ3n) is 7.12. The second kappa shape index (κ2) is 10.7. The lowest BCUT2D eigenvalue weighted by atomic mass is 10.1. The maximum Gasteiger partial charge on any atom is 0.386 e. The lowest BCUT2D eigenvalue weighted by molar-refractivity contribution is -0.0560. The number of ether oxygens (including phenoxy) is 2. The quantitative estimate of drug-likeness (QED) is 0.173. The van der Waals surface area contributed by atoms with E-state index in [1.165, 1.54) is 29.9 Å². The minimum absolute atomic E-state index is 0.130. The van der Waals surface area contributed by atoms with Crippen LogP contribution in [0.2, 0.25) is 0 Å². The second-order valence-corrected chi connectivity index (χ2v) is 13.5. The van der Waals surface area contributed by atoms with Crippen molar-refractivity contribution in [3.63, 3.8) is 0 Å². The molecule has 7 rings (SSSR count). The van der Waals surface area contributed by atoms with E-state index in [2.05, 4.69) is 42.2 Å². The van der Waals surface area contributed by atoms with Crippen LogP contribution in [0.4, 0.5) is 11.6 Å². The first-order valence-corrected chi connectivity index (χ1v) is 16.4. The van der Waals surface area contributed by atoms with Gasteiger partial charge in [-0.05, 0) is 0 Å². The van der Waals surface area contributed by atoms with Crippen molar-refractivity contribution in [1.29, 1.82) is 0 Å². The second-order valence-electron chi connectivity index (χ2n) is 9.64. The largest absolute Gasteiger partial charge is 0.387 e. The van der Waals surface area contributed by atoms with E-state index in [0.717, 1.165) is 0 Å². The topological polar surface area (TPSA) is 249 Å². The van der Waals surface area contributed by atoms with Gasteiger partial charge in [0.25, 0.3) is 0 Å². The van der Waals surface area contributed by atoms with Crippen LogP contribution in [0.1, 0.15) is 18.9 Å². The molecule has 0 spiro atoms. The minimum Gasteiger partial charge on any atom is -0.387 e. The van der Waals surface area contributed by atoms with Crippen molar-refractivity contribution in [2.45, 2.75) is 49.4 Å². The van der Waals surface area contributed by atoms with E-state index >= 15 is 0 Å². The Bertz CT molecular complexity index is 1730. The number of fused-ring (bicyclic) bond motifs is 5. The molecule has 42 heavy (non-hydrogen) atoms. The molecule has 4 aromatic rings. The number of rotatable bonds is 2. The summed E-state index contributed by atoms with van der Waals surface area (Å²) in [6.07, 6.45) is -1.69. The van der Waals surface area contributed by atoms with Crippen LogP contribution in [0.3, 0.4) is 0 Å². The zero-order chi connectivity index (χ0) is 29.2. The standard InChI is InChI=1S/C20H24N10O9P2S/c21-16-12-18(25-4-23-16)29(6-27-12)11-1-8-9(36-11)2-34-40(32)38-15-14(31)10(3-35-41(33,42)39-8)37-20(15)30-7-28-13-17(22)24-5-26-19(13)30/h4-11,14-15,20,31,40H,1-3H2,(H,33,42)(H2,21,23,25)(H2,22,24,26)/t8-,9+,10+,11+,14+,15+,20+,41?/m0/s1. The number of aliphatic hydroxyl groups is 1. The van der Waals surface area contributed by atoms with Crippen LogP contribution in [0.5, 0.6) is 0 Å². The van der Waals surface area contributed by atoms with Gasteiger partial charge in [-0.25, -0.2) is 34.5 Å². The number of thiol groups is 1. The van der Waals surface area contributed by atoms with Crippen molar-refractivity contribution < 1.29 is 41.8 Å². The summed E-state index contributed by atoms with van der Waals surface area (Å²) in [5.74, 6) is 0.325. The molecule has 224 valence electrons. The number of anilines is 2. The molecule has 9 atom stereocenters. The average molecular weight is 642 g/mol. The molecule has 2 unspecified atom stereocenters. The number of hydrogen-bond acceptors (Lipinski definition) is 17. The SMILES string of the molecule is Nc1ncnc2c1ncn2[C@@H]1O[C@@H]2COP(=O)(S)O[C@H]3C[C@H](n4cnc5c(N)ncnc54)O[C@@H]3CO[PH](=O)O[C@@H]1[C@@H]2O. The van der Waals surface area contributed by atoms with E-state index in [1.807, 2.05) is 0 Å². The number of imidazole rings is 2. The van der Waals surface area contributed by atoms with Crippen LogP contribution < -0.4 is 11.5 Å². The lowest BCUT2D eigenvalue weighted by Gasteiger charge is -2.24. The molecule has 7 heterocycles. The molecular formula is C20H24N10O9P2S. The molecule has 3 saturated heterocycles. The van der Waals surface area contributed by atoms with Gasteiger partial charge in [-0.3, -0.25) is 27.3 Å². The molecule has 4 aromatic heterocycles.